The highest BCUT2D eigenvalue weighted by atomic mass is 19.4. The molecule has 10 heteroatoms. The smallest absolute Gasteiger partial charge is 0.416 e. The Hall–Kier alpha value is -3.37. The number of ether oxygens (including phenoxy) is 1. The molecule has 6 rings (SSSR count). The molecule has 4 aliphatic rings. The molecule has 5 atom stereocenters. The molecular weight excluding hydrogens is 525 g/mol. The number of benzene rings is 2. The van der Waals surface area contributed by atoms with Gasteiger partial charge in [-0.05, 0) is 55.5 Å². The van der Waals surface area contributed by atoms with Crippen LogP contribution in [0.1, 0.15) is 52.7 Å². The third-order valence-corrected chi connectivity index (χ3v) is 9.54. The van der Waals surface area contributed by atoms with Crippen LogP contribution in [-0.2, 0) is 22.8 Å². The number of hydrogen-bond acceptors (Lipinski definition) is 6. The van der Waals surface area contributed by atoms with Crippen LogP contribution in [0, 0.1) is 0 Å². The number of hydrogen-bond donors (Lipinski definition) is 2. The van der Waals surface area contributed by atoms with Crippen LogP contribution in [0.25, 0.3) is 0 Å². The number of piperidine rings is 1. The van der Waals surface area contributed by atoms with Gasteiger partial charge in [0.15, 0.2) is 17.3 Å². The van der Waals surface area contributed by atoms with E-state index in [2.05, 4.69) is 6.58 Å². The Morgan fingerprint density at radius 1 is 1.23 bits per heavy atom. The summed E-state index contributed by atoms with van der Waals surface area (Å²) in [6.07, 6.45) is -1.94. The monoisotopic (exact) mass is 556 g/mol. The van der Waals surface area contributed by atoms with E-state index >= 15 is 0 Å². The molecule has 1 saturated heterocycles. The van der Waals surface area contributed by atoms with Gasteiger partial charge in [-0.1, -0.05) is 18.2 Å². The van der Waals surface area contributed by atoms with E-state index < -0.39 is 40.9 Å². The van der Waals surface area contributed by atoms with Gasteiger partial charge in [-0.15, -0.1) is 6.58 Å². The number of nitrogens with zero attached hydrogens (tertiary/aromatic N) is 2. The maximum Gasteiger partial charge on any atom is 0.416 e. The molecule has 0 radical (unpaired) electrons. The Bertz CT molecular complexity index is 1390. The van der Waals surface area contributed by atoms with Crippen molar-refractivity contribution in [2.75, 3.05) is 20.1 Å². The molecule has 1 amide bonds. The highest BCUT2D eigenvalue weighted by Crippen LogP contribution is 2.65. The molecule has 2 N–H and O–H groups in total. The second-order valence-electron chi connectivity index (χ2n) is 11.4. The van der Waals surface area contributed by atoms with Crippen molar-refractivity contribution in [3.8, 4) is 11.5 Å². The van der Waals surface area contributed by atoms with Gasteiger partial charge in [0.1, 0.15) is 17.7 Å². The summed E-state index contributed by atoms with van der Waals surface area (Å²) in [4.78, 5) is 30.7. The van der Waals surface area contributed by atoms with Gasteiger partial charge in [-0.25, -0.2) is 0 Å². The van der Waals surface area contributed by atoms with Crippen molar-refractivity contribution in [1.82, 2.24) is 9.80 Å². The summed E-state index contributed by atoms with van der Waals surface area (Å²) < 4.78 is 45.1. The third kappa shape index (κ3) is 3.58. The van der Waals surface area contributed by atoms with Crippen molar-refractivity contribution in [1.29, 1.82) is 0 Å². The number of alkyl halides is 3. The number of phenols is 1. The van der Waals surface area contributed by atoms with Crippen LogP contribution in [0.5, 0.6) is 11.5 Å². The lowest BCUT2D eigenvalue weighted by atomic mass is 9.48. The summed E-state index contributed by atoms with van der Waals surface area (Å²) in [5.41, 5.74) is -1.60. The van der Waals surface area contributed by atoms with E-state index in [1.165, 1.54) is 18.2 Å². The van der Waals surface area contributed by atoms with Crippen LogP contribution < -0.4 is 4.74 Å². The van der Waals surface area contributed by atoms with Gasteiger partial charge in [0.25, 0.3) is 0 Å². The van der Waals surface area contributed by atoms with Gasteiger partial charge >= 0.3 is 6.18 Å². The number of aliphatic hydroxyl groups is 1. The zero-order valence-electron chi connectivity index (χ0n) is 22.1. The number of aromatic hydroxyl groups is 1. The molecule has 2 aromatic rings. The SMILES string of the molecule is C=CCN1CC[C@]23c4c5ccc(O)c4OC2C(N(C)C(=O)CCc2ccc(C(F)(F)F)cc2)CC[C@@]3(O)[C@H]1C5=O. The van der Waals surface area contributed by atoms with Gasteiger partial charge in [-0.2, -0.15) is 13.2 Å². The number of aryl methyl sites for hydroxylation is 1. The van der Waals surface area contributed by atoms with Crippen LogP contribution in [0.4, 0.5) is 13.2 Å². The van der Waals surface area contributed by atoms with E-state index in [4.69, 9.17) is 4.74 Å². The molecule has 40 heavy (non-hydrogen) atoms. The highest BCUT2D eigenvalue weighted by Gasteiger charge is 2.75. The number of halogens is 3. The van der Waals surface area contributed by atoms with Crippen molar-refractivity contribution < 1.29 is 37.7 Å². The quantitative estimate of drug-likeness (QED) is 0.526. The zero-order chi connectivity index (χ0) is 28.6. The molecule has 2 fully saturated rings. The summed E-state index contributed by atoms with van der Waals surface area (Å²) >= 11 is 0. The third-order valence-electron chi connectivity index (χ3n) is 9.54. The zero-order valence-corrected chi connectivity index (χ0v) is 22.1. The predicted octanol–water partition coefficient (Wildman–Crippen LogP) is 3.85. The average molecular weight is 557 g/mol. The standard InChI is InChI=1S/C30H31F3N2O5/c1-3-15-35-16-14-28-23-19-9-10-21(36)25(23)40-27(28)20(12-13-29(28,39)26(35)24(19)38)34(2)22(37)11-6-17-4-7-18(8-5-17)30(31,32)33/h3-5,7-10,20,26-27,36,39H,1,6,11-16H2,2H3/t20?,26-,27?,28+,29-/m1/s1. The predicted molar refractivity (Wildman–Crippen MR) is 139 cm³/mol. The maximum atomic E-state index is 13.8. The number of ketones is 1. The van der Waals surface area contributed by atoms with E-state index in [1.54, 1.807) is 24.1 Å². The number of rotatable bonds is 6. The lowest BCUT2D eigenvalue weighted by Gasteiger charge is -2.63. The molecular formula is C30H31F3N2O5. The minimum atomic E-state index is -4.42. The molecule has 2 unspecified atom stereocenters. The molecule has 212 valence electrons. The van der Waals surface area contributed by atoms with Crippen LogP contribution in [0.2, 0.25) is 0 Å². The Kier molecular flexibility index (Phi) is 6.09. The Balaban J connectivity index is 1.30. The average Bonchev–Trinajstić information content (AvgIpc) is 3.27. The van der Waals surface area contributed by atoms with Crippen LogP contribution in [-0.4, -0.2) is 75.6 Å². The second kappa shape index (κ2) is 9.07. The van der Waals surface area contributed by atoms with Crippen molar-refractivity contribution in [2.24, 2.45) is 0 Å². The molecule has 1 saturated carbocycles. The van der Waals surface area contributed by atoms with Crippen molar-refractivity contribution in [3.63, 3.8) is 0 Å². The van der Waals surface area contributed by atoms with Gasteiger partial charge in [0.2, 0.25) is 5.91 Å². The van der Waals surface area contributed by atoms with E-state index in [0.29, 0.717) is 42.6 Å². The normalized spacial score (nSPS) is 30.4. The molecule has 0 aromatic heterocycles. The first-order valence-corrected chi connectivity index (χ1v) is 13.5. The topological polar surface area (TPSA) is 90.3 Å². The number of carbonyl (C=O) groups is 2. The van der Waals surface area contributed by atoms with Crippen molar-refractivity contribution in [3.05, 3.63) is 71.3 Å². The van der Waals surface area contributed by atoms with Crippen molar-refractivity contribution >= 4 is 11.7 Å². The molecule has 2 aliphatic carbocycles. The lowest BCUT2D eigenvalue weighted by molar-refractivity contribution is -0.186. The Morgan fingerprint density at radius 3 is 2.62 bits per heavy atom. The fraction of sp³-hybridized carbons (Fsp3) is 0.467. The Morgan fingerprint density at radius 2 is 1.95 bits per heavy atom. The molecule has 2 bridgehead atoms. The number of Topliss-reactive ketones (excluding diaryl/α,β-unsaturated/α-hetero) is 1. The fourth-order valence-electron chi connectivity index (χ4n) is 7.70. The minimum Gasteiger partial charge on any atom is -0.504 e. The lowest BCUT2D eigenvalue weighted by Crippen LogP contribution is -2.79. The number of amides is 1. The molecule has 2 heterocycles. The largest absolute Gasteiger partial charge is 0.504 e. The van der Waals surface area contributed by atoms with E-state index in [0.717, 1.165) is 12.1 Å². The van der Waals surface area contributed by atoms with Gasteiger partial charge in [0, 0.05) is 37.7 Å². The number of carbonyl (C=O) groups excluding carboxylic acids is 2. The Labute approximate surface area is 229 Å². The van der Waals surface area contributed by atoms with Crippen LogP contribution in [0.15, 0.2) is 49.1 Å². The second-order valence-corrected chi connectivity index (χ2v) is 11.4. The first kappa shape index (κ1) is 26.8. The molecule has 7 nitrogen and oxygen atoms in total. The number of phenolic OH excluding ortho intramolecular Hbond substituents is 1. The van der Waals surface area contributed by atoms with Crippen LogP contribution >= 0.6 is 0 Å². The summed E-state index contributed by atoms with van der Waals surface area (Å²) in [6, 6.07) is 6.58. The number of likely N-dealkylation sites (N-methyl/N-ethyl adjacent to an activating group) is 1. The van der Waals surface area contributed by atoms with Gasteiger partial charge in [0.05, 0.1) is 17.0 Å². The van der Waals surface area contributed by atoms with Crippen molar-refractivity contribution in [2.45, 2.75) is 67.5 Å². The summed E-state index contributed by atoms with van der Waals surface area (Å²) in [5, 5.41) is 23.1. The van der Waals surface area contributed by atoms with Gasteiger partial charge in [-0.3, -0.25) is 14.5 Å². The van der Waals surface area contributed by atoms with Gasteiger partial charge < -0.3 is 19.8 Å². The minimum absolute atomic E-state index is 0.0834. The first-order chi connectivity index (χ1) is 18.9. The summed E-state index contributed by atoms with van der Waals surface area (Å²) in [7, 11) is 1.67. The summed E-state index contributed by atoms with van der Waals surface area (Å²) in [6.45, 7) is 4.76. The molecule has 2 aromatic carbocycles. The first-order valence-electron chi connectivity index (χ1n) is 13.5. The van der Waals surface area contributed by atoms with E-state index in [-0.39, 0.29) is 42.5 Å². The van der Waals surface area contributed by atoms with E-state index in [9.17, 15) is 33.0 Å². The molecule has 1 spiro atoms. The van der Waals surface area contributed by atoms with E-state index in [1.807, 2.05) is 4.90 Å². The van der Waals surface area contributed by atoms with Crippen LogP contribution in [0.3, 0.4) is 0 Å². The highest BCUT2D eigenvalue weighted by molar-refractivity contribution is 6.06. The molecule has 2 aliphatic heterocycles. The fourth-order valence-corrected chi connectivity index (χ4v) is 7.70. The number of likely N-dealkylation sites (tertiary alicyclic amines) is 1. The summed E-state index contributed by atoms with van der Waals surface area (Å²) in [5.74, 6) is -0.329. The maximum absolute atomic E-state index is 13.8.